The highest BCUT2D eigenvalue weighted by molar-refractivity contribution is 7.17. The first-order chi connectivity index (χ1) is 9.34. The fourth-order valence-electron chi connectivity index (χ4n) is 2.98. The Labute approximate surface area is 116 Å². The minimum Gasteiger partial charge on any atom is -0.312 e. The molecule has 3 aromatic heterocycles. The SMILES string of the molecule is CN1CCc2c(c3sccc3n2-c2ccncc2)C1. The van der Waals surface area contributed by atoms with Gasteiger partial charge in [0.25, 0.3) is 0 Å². The highest BCUT2D eigenvalue weighted by Gasteiger charge is 2.23. The molecule has 0 bridgehead atoms. The zero-order valence-electron chi connectivity index (χ0n) is 10.8. The molecule has 0 N–H and O–H groups in total. The molecular weight excluding hydrogens is 254 g/mol. The molecule has 96 valence electrons. The molecule has 0 atom stereocenters. The van der Waals surface area contributed by atoms with Crippen LogP contribution in [0.3, 0.4) is 0 Å². The van der Waals surface area contributed by atoms with Crippen LogP contribution in [0.15, 0.2) is 36.0 Å². The van der Waals surface area contributed by atoms with Gasteiger partial charge in [-0.25, -0.2) is 0 Å². The number of pyridine rings is 1. The summed E-state index contributed by atoms with van der Waals surface area (Å²) in [5.41, 5.74) is 5.56. The highest BCUT2D eigenvalue weighted by atomic mass is 32.1. The van der Waals surface area contributed by atoms with Gasteiger partial charge in [0.2, 0.25) is 0 Å². The first kappa shape index (κ1) is 11.2. The molecule has 0 amide bonds. The first-order valence-electron chi connectivity index (χ1n) is 6.53. The zero-order valence-corrected chi connectivity index (χ0v) is 11.7. The fraction of sp³-hybridized carbons (Fsp3) is 0.267. The summed E-state index contributed by atoms with van der Waals surface area (Å²) in [6.45, 7) is 2.19. The van der Waals surface area contributed by atoms with Gasteiger partial charge in [-0.2, -0.15) is 0 Å². The summed E-state index contributed by atoms with van der Waals surface area (Å²) < 4.78 is 3.86. The number of rotatable bonds is 1. The van der Waals surface area contributed by atoms with Crippen LogP contribution >= 0.6 is 11.3 Å². The van der Waals surface area contributed by atoms with Gasteiger partial charge in [-0.05, 0) is 30.6 Å². The van der Waals surface area contributed by atoms with Crippen LogP contribution in [0.2, 0.25) is 0 Å². The fourth-order valence-corrected chi connectivity index (χ4v) is 3.91. The molecule has 0 aromatic carbocycles. The van der Waals surface area contributed by atoms with Gasteiger partial charge in [-0.15, -0.1) is 11.3 Å². The number of nitrogens with zero attached hydrogens (tertiary/aromatic N) is 3. The molecule has 0 aliphatic carbocycles. The molecule has 19 heavy (non-hydrogen) atoms. The van der Waals surface area contributed by atoms with E-state index in [-0.39, 0.29) is 0 Å². The van der Waals surface area contributed by atoms with Crippen LogP contribution in [0.25, 0.3) is 15.9 Å². The molecular formula is C15H15N3S. The van der Waals surface area contributed by atoms with Crippen molar-refractivity contribution in [2.75, 3.05) is 13.6 Å². The zero-order chi connectivity index (χ0) is 12.8. The molecule has 3 nitrogen and oxygen atoms in total. The lowest BCUT2D eigenvalue weighted by atomic mass is 10.1. The van der Waals surface area contributed by atoms with Gasteiger partial charge in [0, 0.05) is 48.8 Å². The maximum absolute atomic E-state index is 4.13. The Morgan fingerprint density at radius 2 is 2.05 bits per heavy atom. The van der Waals surface area contributed by atoms with Crippen LogP contribution in [0, 0.1) is 0 Å². The summed E-state index contributed by atoms with van der Waals surface area (Å²) in [5.74, 6) is 0. The Hall–Kier alpha value is -1.65. The van der Waals surface area contributed by atoms with Crippen molar-refractivity contribution in [3.63, 3.8) is 0 Å². The van der Waals surface area contributed by atoms with E-state index in [2.05, 4.69) is 45.1 Å². The molecule has 4 heteroatoms. The van der Waals surface area contributed by atoms with Gasteiger partial charge >= 0.3 is 0 Å². The van der Waals surface area contributed by atoms with Crippen molar-refractivity contribution in [1.82, 2.24) is 14.5 Å². The molecule has 0 saturated carbocycles. The van der Waals surface area contributed by atoms with Crippen molar-refractivity contribution in [2.24, 2.45) is 0 Å². The minimum atomic E-state index is 1.06. The first-order valence-corrected chi connectivity index (χ1v) is 7.41. The van der Waals surface area contributed by atoms with Gasteiger partial charge in [0.15, 0.2) is 0 Å². The van der Waals surface area contributed by atoms with Gasteiger partial charge in [-0.3, -0.25) is 4.98 Å². The number of likely N-dealkylation sites (N-methyl/N-ethyl adjacent to an activating group) is 1. The second-order valence-corrected chi connectivity index (χ2v) is 6.00. The molecule has 0 saturated heterocycles. The number of aromatic nitrogens is 2. The standard InChI is InChI=1S/C15H15N3S/c1-17-8-4-13-12(10-17)15-14(5-9-19-15)18(13)11-2-6-16-7-3-11/h2-3,5-7,9H,4,8,10H2,1H3. The van der Waals surface area contributed by atoms with Crippen molar-refractivity contribution in [1.29, 1.82) is 0 Å². The predicted octanol–water partition coefficient (Wildman–Crippen LogP) is 3.07. The Balaban J connectivity index is 2.03. The number of thiophene rings is 1. The average Bonchev–Trinajstić information content (AvgIpc) is 3.00. The van der Waals surface area contributed by atoms with E-state index in [0.29, 0.717) is 0 Å². The van der Waals surface area contributed by atoms with E-state index in [1.54, 1.807) is 0 Å². The largest absolute Gasteiger partial charge is 0.312 e. The van der Waals surface area contributed by atoms with Crippen LogP contribution in [0.1, 0.15) is 11.3 Å². The maximum atomic E-state index is 4.13. The third kappa shape index (κ3) is 1.64. The molecule has 0 radical (unpaired) electrons. The predicted molar refractivity (Wildman–Crippen MR) is 79.0 cm³/mol. The summed E-state index contributed by atoms with van der Waals surface area (Å²) >= 11 is 1.86. The van der Waals surface area contributed by atoms with E-state index in [1.165, 1.54) is 27.2 Å². The van der Waals surface area contributed by atoms with E-state index in [4.69, 9.17) is 0 Å². The van der Waals surface area contributed by atoms with Crippen LogP contribution in [0.4, 0.5) is 0 Å². The normalized spacial score (nSPS) is 15.8. The summed E-state index contributed by atoms with van der Waals surface area (Å²) in [6, 6.07) is 6.42. The molecule has 0 spiro atoms. The lowest BCUT2D eigenvalue weighted by Gasteiger charge is -2.24. The summed E-state index contributed by atoms with van der Waals surface area (Å²) in [5, 5.41) is 2.19. The van der Waals surface area contributed by atoms with Crippen molar-refractivity contribution in [3.05, 3.63) is 47.2 Å². The lowest BCUT2D eigenvalue weighted by molar-refractivity contribution is 0.311. The smallest absolute Gasteiger partial charge is 0.0642 e. The molecule has 4 heterocycles. The van der Waals surface area contributed by atoms with Gasteiger partial charge in [-0.1, -0.05) is 0 Å². The molecule has 1 aliphatic rings. The van der Waals surface area contributed by atoms with E-state index in [9.17, 15) is 0 Å². The average molecular weight is 269 g/mol. The number of hydrogen-bond donors (Lipinski definition) is 0. The maximum Gasteiger partial charge on any atom is 0.0642 e. The molecule has 4 rings (SSSR count). The Kier molecular flexibility index (Phi) is 2.47. The van der Waals surface area contributed by atoms with Crippen molar-refractivity contribution in [3.8, 4) is 5.69 Å². The van der Waals surface area contributed by atoms with Crippen molar-refractivity contribution >= 4 is 21.6 Å². The van der Waals surface area contributed by atoms with Gasteiger partial charge in [0.1, 0.15) is 0 Å². The third-order valence-corrected chi connectivity index (χ3v) is 4.82. The topological polar surface area (TPSA) is 21.1 Å². The van der Waals surface area contributed by atoms with E-state index in [1.807, 2.05) is 23.7 Å². The van der Waals surface area contributed by atoms with Gasteiger partial charge in [0.05, 0.1) is 10.2 Å². The van der Waals surface area contributed by atoms with Crippen LogP contribution < -0.4 is 0 Å². The number of hydrogen-bond acceptors (Lipinski definition) is 3. The monoisotopic (exact) mass is 269 g/mol. The summed E-state index contributed by atoms with van der Waals surface area (Å²) in [7, 11) is 2.20. The summed E-state index contributed by atoms with van der Waals surface area (Å²) in [6.07, 6.45) is 4.86. The minimum absolute atomic E-state index is 1.06. The van der Waals surface area contributed by atoms with Crippen LogP contribution in [-0.2, 0) is 13.0 Å². The second-order valence-electron chi connectivity index (χ2n) is 5.09. The van der Waals surface area contributed by atoms with Crippen LogP contribution in [0.5, 0.6) is 0 Å². The van der Waals surface area contributed by atoms with E-state index >= 15 is 0 Å². The Morgan fingerprint density at radius 3 is 2.89 bits per heavy atom. The molecule has 0 fully saturated rings. The second kappa shape index (κ2) is 4.18. The van der Waals surface area contributed by atoms with Crippen molar-refractivity contribution < 1.29 is 0 Å². The van der Waals surface area contributed by atoms with Crippen LogP contribution in [-0.4, -0.2) is 28.0 Å². The lowest BCUT2D eigenvalue weighted by Crippen LogP contribution is -2.27. The molecule has 3 aromatic rings. The quantitative estimate of drug-likeness (QED) is 0.677. The number of fused-ring (bicyclic) bond motifs is 3. The van der Waals surface area contributed by atoms with Gasteiger partial charge < -0.3 is 9.47 Å². The molecule has 1 aliphatic heterocycles. The highest BCUT2D eigenvalue weighted by Crippen LogP contribution is 2.36. The Morgan fingerprint density at radius 1 is 1.21 bits per heavy atom. The van der Waals surface area contributed by atoms with E-state index < -0.39 is 0 Å². The van der Waals surface area contributed by atoms with Crippen molar-refractivity contribution in [2.45, 2.75) is 13.0 Å². The Bertz CT molecular complexity index is 727. The molecule has 0 unspecified atom stereocenters. The summed E-state index contributed by atoms with van der Waals surface area (Å²) in [4.78, 5) is 6.53. The third-order valence-electron chi connectivity index (χ3n) is 3.86. The van der Waals surface area contributed by atoms with E-state index in [0.717, 1.165) is 19.5 Å².